The molecule has 4 saturated heterocycles. The standard InChI is InChI=1S/C33H41N5O10S/c1-49(45,46)23-9-7-20(8-10-23)16-37-17-21-13-24(37)33(44)36-11-12-38(29(40)19-47-22-5-3-2-4-6-22)25(18-36)32(43)34-15-27-31(42)30(41)26(48-27)14-28(39)35-21/h2-10,21,24-27,30-31,41-42H,11-19H2,1H3,(H,34,43)(H,35,39)/t21-,24-,25-,26-,27+,30-,31+/m0/s1. The molecular formula is C33H41N5O10S. The summed E-state index contributed by atoms with van der Waals surface area (Å²) in [5, 5.41) is 27.0. The second-order valence-corrected chi connectivity index (χ2v) is 15.0. The van der Waals surface area contributed by atoms with Crippen molar-refractivity contribution in [2.45, 2.75) is 66.8 Å². The number of sulfone groups is 1. The van der Waals surface area contributed by atoms with Crippen molar-refractivity contribution < 1.29 is 47.3 Å². The highest BCUT2D eigenvalue weighted by atomic mass is 32.2. The van der Waals surface area contributed by atoms with Crippen molar-refractivity contribution in [1.82, 2.24) is 25.3 Å². The van der Waals surface area contributed by atoms with Gasteiger partial charge in [-0.2, -0.15) is 0 Å². The third-order valence-electron chi connectivity index (χ3n) is 9.54. The summed E-state index contributed by atoms with van der Waals surface area (Å²) in [4.78, 5) is 59.4. The van der Waals surface area contributed by atoms with E-state index in [4.69, 9.17) is 9.47 Å². The van der Waals surface area contributed by atoms with Crippen LogP contribution in [-0.2, 0) is 40.3 Å². The zero-order valence-electron chi connectivity index (χ0n) is 27.0. The fraction of sp³-hybridized carbons (Fsp3) is 0.515. The third kappa shape index (κ3) is 7.88. The number of likely N-dealkylation sites (tertiary alicyclic amines) is 1. The Balaban J connectivity index is 1.25. The monoisotopic (exact) mass is 699 g/mol. The lowest BCUT2D eigenvalue weighted by molar-refractivity contribution is -0.151. The lowest BCUT2D eigenvalue weighted by Gasteiger charge is -2.42. The molecule has 0 spiro atoms. The molecule has 2 aromatic carbocycles. The molecule has 15 nitrogen and oxygen atoms in total. The van der Waals surface area contributed by atoms with Crippen LogP contribution in [0.5, 0.6) is 5.75 Å². The predicted octanol–water partition coefficient (Wildman–Crippen LogP) is -1.72. The number of hydrogen-bond acceptors (Lipinski definition) is 11. The quantitative estimate of drug-likeness (QED) is 0.268. The predicted molar refractivity (Wildman–Crippen MR) is 173 cm³/mol. The highest BCUT2D eigenvalue weighted by Crippen LogP contribution is 2.27. The Labute approximate surface area is 284 Å². The molecule has 0 unspecified atom stereocenters. The Morgan fingerprint density at radius 2 is 1.67 bits per heavy atom. The molecule has 4 aliphatic rings. The first-order valence-corrected chi connectivity index (χ1v) is 18.1. The number of aliphatic hydroxyl groups excluding tert-OH is 2. The van der Waals surface area contributed by atoms with Crippen LogP contribution in [-0.4, -0.2) is 145 Å². The highest BCUT2D eigenvalue weighted by Gasteiger charge is 2.47. The summed E-state index contributed by atoms with van der Waals surface area (Å²) in [6.45, 7) is 0.173. The van der Waals surface area contributed by atoms with Gasteiger partial charge in [0, 0.05) is 45.0 Å². The SMILES string of the molecule is CS(=O)(=O)c1ccc(CN2C[C@@H]3C[C@H]2C(=O)N2CCN(C(=O)COc4ccccc4)[C@@H](C2)C(=O)NC[C@H]2O[C@@H](CC(=O)N3)[C@H](O)[C@@H]2O)cc1. The van der Waals surface area contributed by atoms with Gasteiger partial charge in [0.05, 0.1) is 30.0 Å². The molecule has 49 heavy (non-hydrogen) atoms. The van der Waals surface area contributed by atoms with Gasteiger partial charge in [0.25, 0.3) is 5.91 Å². The summed E-state index contributed by atoms with van der Waals surface area (Å²) >= 11 is 0. The average molecular weight is 700 g/mol. The second-order valence-electron chi connectivity index (χ2n) is 13.0. The van der Waals surface area contributed by atoms with E-state index in [-0.39, 0.29) is 63.0 Å². The Morgan fingerprint density at radius 1 is 0.959 bits per heavy atom. The Hall–Kier alpha value is -4.09. The third-order valence-corrected chi connectivity index (χ3v) is 10.7. The van der Waals surface area contributed by atoms with Crippen LogP contribution < -0.4 is 15.4 Å². The Kier molecular flexibility index (Phi) is 10.2. The normalized spacial score (nSPS) is 29.8. The van der Waals surface area contributed by atoms with Crippen LogP contribution in [0, 0.1) is 0 Å². The van der Waals surface area contributed by atoms with Crippen LogP contribution in [0.3, 0.4) is 0 Å². The van der Waals surface area contributed by atoms with Gasteiger partial charge < -0.3 is 40.1 Å². The minimum Gasteiger partial charge on any atom is -0.484 e. The first kappa shape index (κ1) is 34.8. The number of carbonyl (C=O) groups excluding carboxylic acids is 4. The van der Waals surface area contributed by atoms with Crippen molar-refractivity contribution in [3.05, 3.63) is 60.2 Å². The molecule has 4 N–H and O–H groups in total. The molecule has 0 radical (unpaired) electrons. The topological polar surface area (TPSA) is 195 Å². The van der Waals surface area contributed by atoms with Crippen LogP contribution in [0.1, 0.15) is 18.4 Å². The van der Waals surface area contributed by atoms with Gasteiger partial charge >= 0.3 is 0 Å². The van der Waals surface area contributed by atoms with E-state index in [1.54, 1.807) is 41.3 Å². The fourth-order valence-corrected chi connectivity index (χ4v) is 7.56. The number of fused-ring (bicyclic) bond motifs is 6. The number of nitrogens with zero attached hydrogens (tertiary/aromatic N) is 3. The van der Waals surface area contributed by atoms with Crippen LogP contribution in [0.25, 0.3) is 0 Å². The van der Waals surface area contributed by atoms with Crippen molar-refractivity contribution in [2.75, 3.05) is 45.6 Å². The second kappa shape index (κ2) is 14.4. The molecule has 4 aliphatic heterocycles. The van der Waals surface area contributed by atoms with E-state index < -0.39 is 70.1 Å². The van der Waals surface area contributed by atoms with Gasteiger partial charge in [-0.05, 0) is 36.2 Å². The summed E-state index contributed by atoms with van der Waals surface area (Å²) in [5.41, 5.74) is 0.761. The molecular weight excluding hydrogens is 658 g/mol. The molecule has 2 aromatic rings. The van der Waals surface area contributed by atoms with Gasteiger partial charge in [0.1, 0.15) is 30.1 Å². The number of benzene rings is 2. The summed E-state index contributed by atoms with van der Waals surface area (Å²) in [6.07, 6.45) is -3.63. The Morgan fingerprint density at radius 3 is 2.39 bits per heavy atom. The van der Waals surface area contributed by atoms with E-state index in [2.05, 4.69) is 10.6 Å². The van der Waals surface area contributed by atoms with Crippen molar-refractivity contribution in [3.63, 3.8) is 0 Å². The van der Waals surface area contributed by atoms with Crippen molar-refractivity contribution >= 4 is 33.5 Å². The molecule has 7 atom stereocenters. The summed E-state index contributed by atoms with van der Waals surface area (Å²) < 4.78 is 35.4. The molecule has 264 valence electrons. The van der Waals surface area contributed by atoms with Gasteiger partial charge in [-0.1, -0.05) is 30.3 Å². The van der Waals surface area contributed by atoms with E-state index in [0.29, 0.717) is 12.3 Å². The molecule has 4 amide bonds. The van der Waals surface area contributed by atoms with Crippen molar-refractivity contribution in [1.29, 1.82) is 0 Å². The number of aliphatic hydroxyl groups is 2. The van der Waals surface area contributed by atoms with E-state index in [1.165, 1.54) is 17.0 Å². The molecule has 4 heterocycles. The zero-order valence-corrected chi connectivity index (χ0v) is 27.8. The number of piperazine rings is 1. The van der Waals surface area contributed by atoms with Crippen LogP contribution >= 0.6 is 0 Å². The van der Waals surface area contributed by atoms with E-state index >= 15 is 0 Å². The molecule has 6 rings (SSSR count). The number of nitrogens with one attached hydrogen (secondary N) is 2. The fourth-order valence-electron chi connectivity index (χ4n) is 6.93. The maximum Gasteiger partial charge on any atom is 0.261 e. The molecule has 0 aliphatic carbocycles. The number of ether oxygens (including phenoxy) is 2. The molecule has 6 bridgehead atoms. The minimum atomic E-state index is -3.40. The maximum absolute atomic E-state index is 14.2. The summed E-state index contributed by atoms with van der Waals surface area (Å²) in [7, 11) is -3.40. The lowest BCUT2D eigenvalue weighted by atomic mass is 10.0. The first-order chi connectivity index (χ1) is 23.4. The molecule has 16 heteroatoms. The summed E-state index contributed by atoms with van der Waals surface area (Å²) in [5.74, 6) is -1.22. The van der Waals surface area contributed by atoms with Gasteiger partial charge in [0.15, 0.2) is 16.4 Å². The minimum absolute atomic E-state index is 0.0595. The Bertz CT molecular complexity index is 1660. The van der Waals surface area contributed by atoms with Gasteiger partial charge in [0.2, 0.25) is 17.7 Å². The smallest absolute Gasteiger partial charge is 0.261 e. The van der Waals surface area contributed by atoms with Crippen molar-refractivity contribution in [3.8, 4) is 5.75 Å². The summed E-state index contributed by atoms with van der Waals surface area (Å²) in [6, 6.07) is 12.9. The first-order valence-electron chi connectivity index (χ1n) is 16.2. The maximum atomic E-state index is 14.2. The zero-order chi connectivity index (χ0) is 34.9. The van der Waals surface area contributed by atoms with Crippen molar-refractivity contribution in [2.24, 2.45) is 0 Å². The largest absolute Gasteiger partial charge is 0.484 e. The van der Waals surface area contributed by atoms with Crippen LogP contribution in [0.4, 0.5) is 0 Å². The number of rotatable bonds is 6. The van der Waals surface area contributed by atoms with E-state index in [0.717, 1.165) is 11.8 Å². The molecule has 4 fully saturated rings. The van der Waals surface area contributed by atoms with E-state index in [1.807, 2.05) is 11.0 Å². The lowest BCUT2D eigenvalue weighted by Crippen LogP contribution is -2.64. The average Bonchev–Trinajstić information content (AvgIpc) is 3.59. The molecule has 0 saturated carbocycles. The van der Waals surface area contributed by atoms with Crippen LogP contribution in [0.15, 0.2) is 59.5 Å². The number of carbonyl (C=O) groups is 4. The van der Waals surface area contributed by atoms with Gasteiger partial charge in [-0.3, -0.25) is 24.1 Å². The van der Waals surface area contributed by atoms with Gasteiger partial charge in [-0.15, -0.1) is 0 Å². The number of amides is 4. The van der Waals surface area contributed by atoms with Gasteiger partial charge in [-0.25, -0.2) is 8.42 Å². The number of para-hydroxylation sites is 1. The molecule has 0 aromatic heterocycles. The van der Waals surface area contributed by atoms with E-state index in [9.17, 15) is 37.8 Å². The highest BCUT2D eigenvalue weighted by molar-refractivity contribution is 7.90. The van der Waals surface area contributed by atoms with Crippen LogP contribution in [0.2, 0.25) is 0 Å². The number of hydrogen-bond donors (Lipinski definition) is 4.